The first kappa shape index (κ1) is 10.3. The van der Waals surface area contributed by atoms with Gasteiger partial charge in [0, 0.05) is 12.5 Å². The van der Waals surface area contributed by atoms with Gasteiger partial charge >= 0.3 is 0 Å². The lowest BCUT2D eigenvalue weighted by Gasteiger charge is -2.20. The summed E-state index contributed by atoms with van der Waals surface area (Å²) < 4.78 is 5.13. The lowest BCUT2D eigenvalue weighted by molar-refractivity contribution is 0.0798. The number of furan rings is 1. The zero-order chi connectivity index (χ0) is 9.84. The highest BCUT2D eigenvalue weighted by Gasteiger charge is 2.18. The van der Waals surface area contributed by atoms with Gasteiger partial charge in [0.05, 0.1) is 6.26 Å². The van der Waals surface area contributed by atoms with E-state index >= 15 is 0 Å². The smallest absolute Gasteiger partial charge is 0.132 e. The van der Waals surface area contributed by atoms with Crippen molar-refractivity contribution in [2.75, 3.05) is 20.6 Å². The summed E-state index contributed by atoms with van der Waals surface area (Å²) >= 11 is 0. The fraction of sp³-hybridized carbons (Fsp3) is 0.600. The van der Waals surface area contributed by atoms with Crippen LogP contribution in [0.1, 0.15) is 18.8 Å². The van der Waals surface area contributed by atoms with Crippen molar-refractivity contribution >= 4 is 0 Å². The maximum Gasteiger partial charge on any atom is 0.132 e. The van der Waals surface area contributed by atoms with Crippen LogP contribution in [0.5, 0.6) is 0 Å². The van der Waals surface area contributed by atoms with E-state index in [0.717, 1.165) is 6.54 Å². The Hall–Kier alpha value is -0.800. The fourth-order valence-corrected chi connectivity index (χ4v) is 1.42. The molecule has 1 heterocycles. The monoisotopic (exact) mass is 183 g/mol. The van der Waals surface area contributed by atoms with E-state index in [1.165, 1.54) is 0 Å². The number of hydrogen-bond donors (Lipinski definition) is 1. The van der Waals surface area contributed by atoms with E-state index in [1.54, 1.807) is 18.4 Å². The molecule has 0 saturated heterocycles. The molecule has 0 bridgehead atoms. The van der Waals surface area contributed by atoms with Gasteiger partial charge in [0.2, 0.25) is 0 Å². The second-order valence-electron chi connectivity index (χ2n) is 3.70. The predicted octanol–water partition coefficient (Wildman–Crippen LogP) is 1.51. The minimum absolute atomic E-state index is 0.182. The molecule has 0 aliphatic heterocycles. The molecule has 1 aromatic heterocycles. The molecule has 0 fully saturated rings. The van der Waals surface area contributed by atoms with E-state index in [9.17, 15) is 5.11 Å². The zero-order valence-corrected chi connectivity index (χ0v) is 8.40. The Bertz CT molecular complexity index is 231. The lowest BCUT2D eigenvalue weighted by atomic mass is 10.0. The first-order chi connectivity index (χ1) is 6.11. The first-order valence-electron chi connectivity index (χ1n) is 4.47. The molecule has 0 aliphatic rings. The van der Waals surface area contributed by atoms with Crippen LogP contribution in [-0.2, 0) is 0 Å². The summed E-state index contributed by atoms with van der Waals surface area (Å²) in [5.41, 5.74) is 0. The van der Waals surface area contributed by atoms with Gasteiger partial charge < -0.3 is 14.4 Å². The van der Waals surface area contributed by atoms with Crippen LogP contribution in [0.15, 0.2) is 22.8 Å². The molecule has 0 aromatic carbocycles. The standard InChI is InChI=1S/C10H17NO2/c1-8(7-11(2)3)10(12)9-5-4-6-13-9/h4-6,8,10,12H,7H2,1-3H3. The summed E-state index contributed by atoms with van der Waals surface area (Å²) in [6.07, 6.45) is 1.08. The second-order valence-corrected chi connectivity index (χ2v) is 3.70. The van der Waals surface area contributed by atoms with Crippen LogP contribution >= 0.6 is 0 Å². The normalized spacial score (nSPS) is 16.1. The summed E-state index contributed by atoms with van der Waals surface area (Å²) in [5.74, 6) is 0.829. The zero-order valence-electron chi connectivity index (χ0n) is 8.40. The van der Waals surface area contributed by atoms with E-state index < -0.39 is 6.10 Å². The van der Waals surface area contributed by atoms with E-state index in [2.05, 4.69) is 4.90 Å². The molecule has 0 radical (unpaired) electrons. The predicted molar refractivity (Wildman–Crippen MR) is 51.4 cm³/mol. The molecule has 1 N–H and O–H groups in total. The highest BCUT2D eigenvalue weighted by molar-refractivity contribution is 5.02. The third kappa shape index (κ3) is 2.86. The van der Waals surface area contributed by atoms with Crippen molar-refractivity contribution in [3.8, 4) is 0 Å². The van der Waals surface area contributed by atoms with Crippen molar-refractivity contribution in [3.63, 3.8) is 0 Å². The molecule has 0 saturated carbocycles. The first-order valence-corrected chi connectivity index (χ1v) is 4.47. The number of hydrogen-bond acceptors (Lipinski definition) is 3. The molecular formula is C10H17NO2. The molecule has 0 amide bonds. The summed E-state index contributed by atoms with van der Waals surface area (Å²) in [6.45, 7) is 2.86. The Morgan fingerprint density at radius 3 is 2.69 bits per heavy atom. The van der Waals surface area contributed by atoms with Gasteiger partial charge in [0.15, 0.2) is 0 Å². The van der Waals surface area contributed by atoms with Crippen LogP contribution in [0.25, 0.3) is 0 Å². The van der Waals surface area contributed by atoms with Crippen molar-refractivity contribution in [1.82, 2.24) is 4.90 Å². The van der Waals surface area contributed by atoms with Crippen molar-refractivity contribution in [2.24, 2.45) is 5.92 Å². The summed E-state index contributed by atoms with van der Waals surface area (Å²) in [7, 11) is 3.98. The topological polar surface area (TPSA) is 36.6 Å². The van der Waals surface area contributed by atoms with Crippen LogP contribution < -0.4 is 0 Å². The van der Waals surface area contributed by atoms with Crippen molar-refractivity contribution in [1.29, 1.82) is 0 Å². The summed E-state index contributed by atoms with van der Waals surface area (Å²) in [6, 6.07) is 3.60. The number of rotatable bonds is 4. The average molecular weight is 183 g/mol. The minimum atomic E-state index is -0.502. The number of aliphatic hydroxyl groups is 1. The molecule has 3 heteroatoms. The highest BCUT2D eigenvalue weighted by atomic mass is 16.4. The van der Waals surface area contributed by atoms with E-state index in [-0.39, 0.29) is 5.92 Å². The van der Waals surface area contributed by atoms with Crippen LogP contribution in [-0.4, -0.2) is 30.6 Å². The van der Waals surface area contributed by atoms with Gasteiger partial charge in [-0.05, 0) is 26.2 Å². The largest absolute Gasteiger partial charge is 0.467 e. The Balaban J connectivity index is 2.52. The van der Waals surface area contributed by atoms with E-state index in [1.807, 2.05) is 21.0 Å². The quantitative estimate of drug-likeness (QED) is 0.768. The molecule has 0 spiro atoms. The van der Waals surface area contributed by atoms with Crippen molar-refractivity contribution in [2.45, 2.75) is 13.0 Å². The van der Waals surface area contributed by atoms with Gasteiger partial charge in [-0.2, -0.15) is 0 Å². The Morgan fingerprint density at radius 2 is 2.23 bits per heavy atom. The highest BCUT2D eigenvalue weighted by Crippen LogP contribution is 2.22. The molecule has 0 aliphatic carbocycles. The molecule has 13 heavy (non-hydrogen) atoms. The van der Waals surface area contributed by atoms with E-state index in [4.69, 9.17) is 4.42 Å². The lowest BCUT2D eigenvalue weighted by Crippen LogP contribution is -2.24. The fourth-order valence-electron chi connectivity index (χ4n) is 1.42. The minimum Gasteiger partial charge on any atom is -0.467 e. The van der Waals surface area contributed by atoms with Crippen LogP contribution in [0, 0.1) is 5.92 Å². The third-order valence-corrected chi connectivity index (χ3v) is 2.03. The van der Waals surface area contributed by atoms with E-state index in [0.29, 0.717) is 5.76 Å². The van der Waals surface area contributed by atoms with Gasteiger partial charge in [-0.25, -0.2) is 0 Å². The SMILES string of the molecule is CC(CN(C)C)C(O)c1ccco1. The number of nitrogens with zero attached hydrogens (tertiary/aromatic N) is 1. The Labute approximate surface area is 79.0 Å². The molecule has 74 valence electrons. The van der Waals surface area contributed by atoms with Gasteiger partial charge in [0.1, 0.15) is 11.9 Å². The summed E-state index contributed by atoms with van der Waals surface area (Å²) in [4.78, 5) is 2.05. The molecular weight excluding hydrogens is 166 g/mol. The van der Waals surface area contributed by atoms with Crippen molar-refractivity contribution in [3.05, 3.63) is 24.2 Å². The van der Waals surface area contributed by atoms with Gasteiger partial charge in [-0.15, -0.1) is 0 Å². The summed E-state index contributed by atoms with van der Waals surface area (Å²) in [5, 5.41) is 9.81. The molecule has 2 unspecified atom stereocenters. The molecule has 1 aromatic rings. The Morgan fingerprint density at radius 1 is 1.54 bits per heavy atom. The van der Waals surface area contributed by atoms with Crippen LogP contribution in [0.3, 0.4) is 0 Å². The average Bonchev–Trinajstić information content (AvgIpc) is 2.53. The second kappa shape index (κ2) is 4.44. The molecule has 3 nitrogen and oxygen atoms in total. The molecule has 2 atom stereocenters. The van der Waals surface area contributed by atoms with Gasteiger partial charge in [-0.3, -0.25) is 0 Å². The third-order valence-electron chi connectivity index (χ3n) is 2.03. The van der Waals surface area contributed by atoms with Gasteiger partial charge in [0.25, 0.3) is 0 Å². The van der Waals surface area contributed by atoms with Crippen LogP contribution in [0.2, 0.25) is 0 Å². The maximum absolute atomic E-state index is 9.81. The molecule has 1 rings (SSSR count). The Kier molecular flexibility index (Phi) is 3.51. The number of aliphatic hydroxyl groups excluding tert-OH is 1. The van der Waals surface area contributed by atoms with Crippen molar-refractivity contribution < 1.29 is 9.52 Å². The maximum atomic E-state index is 9.81. The van der Waals surface area contributed by atoms with Gasteiger partial charge in [-0.1, -0.05) is 6.92 Å². The van der Waals surface area contributed by atoms with Crippen LogP contribution in [0.4, 0.5) is 0 Å².